The molecule has 8 heteroatoms. The van der Waals surface area contributed by atoms with Crippen LogP contribution in [0.15, 0.2) is 48.0 Å². The van der Waals surface area contributed by atoms with Crippen LogP contribution in [0, 0.1) is 19.7 Å². The van der Waals surface area contributed by atoms with Crippen LogP contribution in [0.5, 0.6) is 0 Å². The van der Waals surface area contributed by atoms with Gasteiger partial charge in [0.1, 0.15) is 5.82 Å². The predicted octanol–water partition coefficient (Wildman–Crippen LogP) is 2.97. The zero-order valence-electron chi connectivity index (χ0n) is 17.2. The van der Waals surface area contributed by atoms with Crippen molar-refractivity contribution in [2.75, 3.05) is 13.1 Å². The molecule has 0 aliphatic rings. The third-order valence-corrected chi connectivity index (χ3v) is 4.50. The Morgan fingerprint density at radius 3 is 2.72 bits per heavy atom. The summed E-state index contributed by atoms with van der Waals surface area (Å²) in [6, 6.07) is 7.23. The van der Waals surface area contributed by atoms with E-state index in [0.29, 0.717) is 12.2 Å². The molecule has 0 unspecified atom stereocenters. The summed E-state index contributed by atoms with van der Waals surface area (Å²) in [5.74, 6) is 0.429. The highest BCUT2D eigenvalue weighted by atomic mass is 19.1. The van der Waals surface area contributed by atoms with Crippen molar-refractivity contribution in [2.45, 2.75) is 40.3 Å². The number of halogens is 1. The van der Waals surface area contributed by atoms with Crippen molar-refractivity contribution in [1.29, 1.82) is 0 Å². The first-order chi connectivity index (χ1) is 14.1. The van der Waals surface area contributed by atoms with Crippen LogP contribution in [-0.2, 0) is 13.1 Å². The highest BCUT2D eigenvalue weighted by Crippen LogP contribution is 2.15. The Morgan fingerprint density at radius 1 is 1.21 bits per heavy atom. The van der Waals surface area contributed by atoms with E-state index in [4.69, 9.17) is 0 Å². The molecule has 0 atom stereocenters. The number of hydrogen-bond donors (Lipinski definition) is 2. The van der Waals surface area contributed by atoms with Gasteiger partial charge in [-0.1, -0.05) is 6.07 Å². The third-order valence-electron chi connectivity index (χ3n) is 4.50. The first kappa shape index (κ1) is 20.6. The van der Waals surface area contributed by atoms with Gasteiger partial charge in [-0.05, 0) is 51.0 Å². The second-order valence-corrected chi connectivity index (χ2v) is 6.88. The molecule has 2 N–H and O–H groups in total. The van der Waals surface area contributed by atoms with Gasteiger partial charge in [-0.25, -0.2) is 14.4 Å². The summed E-state index contributed by atoms with van der Waals surface area (Å²) >= 11 is 0. The summed E-state index contributed by atoms with van der Waals surface area (Å²) in [4.78, 5) is 8.52. The highest BCUT2D eigenvalue weighted by Gasteiger charge is 2.06. The molecule has 0 saturated carbocycles. The molecule has 0 aliphatic carbocycles. The van der Waals surface area contributed by atoms with E-state index in [9.17, 15) is 4.39 Å². The van der Waals surface area contributed by atoms with Crippen molar-refractivity contribution in [3.05, 3.63) is 65.8 Å². The highest BCUT2D eigenvalue weighted by molar-refractivity contribution is 5.79. The molecule has 0 amide bonds. The standard InChI is InChI=1S/C21H28FN7/c1-4-24-21(25-8-5-10-29-17(3)12-16(2)27-29)26-14-18-6-7-20(19(22)13-18)28-11-9-23-15-28/h6-7,9,11-13,15H,4-5,8,10,14H2,1-3H3,(H2,24,25,26). The molecule has 154 valence electrons. The van der Waals surface area contributed by atoms with Crippen molar-refractivity contribution < 1.29 is 4.39 Å². The van der Waals surface area contributed by atoms with Gasteiger partial charge in [0.05, 0.1) is 24.3 Å². The third kappa shape index (κ3) is 5.66. The molecule has 7 nitrogen and oxygen atoms in total. The average molecular weight is 398 g/mol. The summed E-state index contributed by atoms with van der Waals surface area (Å²) in [6.45, 7) is 8.88. The first-order valence-electron chi connectivity index (χ1n) is 9.87. The molecule has 2 aromatic heterocycles. The van der Waals surface area contributed by atoms with E-state index in [-0.39, 0.29) is 5.82 Å². The van der Waals surface area contributed by atoms with Crippen LogP contribution >= 0.6 is 0 Å². The molecule has 0 bridgehead atoms. The van der Waals surface area contributed by atoms with Gasteiger partial charge in [0.2, 0.25) is 0 Å². The maximum absolute atomic E-state index is 14.4. The number of rotatable bonds is 8. The molecule has 3 rings (SSSR count). The van der Waals surface area contributed by atoms with Crippen LogP contribution < -0.4 is 10.6 Å². The minimum atomic E-state index is -0.293. The summed E-state index contributed by atoms with van der Waals surface area (Å²) in [7, 11) is 0. The Hall–Kier alpha value is -3.16. The number of benzene rings is 1. The molecular weight excluding hydrogens is 369 g/mol. The van der Waals surface area contributed by atoms with Gasteiger partial charge in [-0.2, -0.15) is 5.10 Å². The van der Waals surface area contributed by atoms with Crippen LogP contribution in [0.1, 0.15) is 30.3 Å². The van der Waals surface area contributed by atoms with Gasteiger partial charge in [-0.3, -0.25) is 4.68 Å². The SMILES string of the molecule is CCNC(=NCc1ccc(-n2ccnc2)c(F)c1)NCCCn1nc(C)cc1C. The quantitative estimate of drug-likeness (QED) is 0.348. The number of aryl methyl sites for hydroxylation is 3. The lowest BCUT2D eigenvalue weighted by molar-refractivity contribution is 0.555. The van der Waals surface area contributed by atoms with Crippen LogP contribution in [0.25, 0.3) is 5.69 Å². The second-order valence-electron chi connectivity index (χ2n) is 6.88. The van der Waals surface area contributed by atoms with Crippen molar-refractivity contribution >= 4 is 5.96 Å². The number of hydrogen-bond acceptors (Lipinski definition) is 3. The molecule has 1 aromatic carbocycles. The predicted molar refractivity (Wildman–Crippen MR) is 113 cm³/mol. The maximum atomic E-state index is 14.4. The van der Waals surface area contributed by atoms with Crippen molar-refractivity contribution in [1.82, 2.24) is 30.0 Å². The monoisotopic (exact) mass is 397 g/mol. The summed E-state index contributed by atoms with van der Waals surface area (Å²) < 4.78 is 18.1. The fraction of sp³-hybridized carbons (Fsp3) is 0.381. The van der Waals surface area contributed by atoms with Gasteiger partial charge < -0.3 is 15.2 Å². The van der Waals surface area contributed by atoms with E-state index in [0.717, 1.165) is 43.3 Å². The lowest BCUT2D eigenvalue weighted by atomic mass is 10.2. The van der Waals surface area contributed by atoms with E-state index in [1.165, 1.54) is 11.8 Å². The number of nitrogens with zero attached hydrogens (tertiary/aromatic N) is 5. The largest absolute Gasteiger partial charge is 0.357 e. The normalized spacial score (nSPS) is 11.7. The molecule has 0 spiro atoms. The molecule has 2 heterocycles. The molecule has 29 heavy (non-hydrogen) atoms. The van der Waals surface area contributed by atoms with Crippen LogP contribution in [0.2, 0.25) is 0 Å². The minimum absolute atomic E-state index is 0.293. The van der Waals surface area contributed by atoms with E-state index >= 15 is 0 Å². The van der Waals surface area contributed by atoms with Crippen molar-refractivity contribution in [2.24, 2.45) is 4.99 Å². The Kier molecular flexibility index (Phi) is 6.99. The molecule has 0 saturated heterocycles. The van der Waals surface area contributed by atoms with Crippen molar-refractivity contribution in [3.8, 4) is 5.69 Å². The van der Waals surface area contributed by atoms with E-state index in [2.05, 4.69) is 38.7 Å². The topological polar surface area (TPSA) is 72.1 Å². The molecule has 0 radical (unpaired) electrons. The van der Waals surface area contributed by atoms with Gasteiger partial charge in [0, 0.05) is 37.7 Å². The van der Waals surface area contributed by atoms with Crippen LogP contribution in [-0.4, -0.2) is 38.4 Å². The number of aromatic nitrogens is 4. The van der Waals surface area contributed by atoms with Gasteiger partial charge >= 0.3 is 0 Å². The fourth-order valence-corrected chi connectivity index (χ4v) is 3.11. The Bertz CT molecular complexity index is 944. The van der Waals surface area contributed by atoms with Gasteiger partial charge in [0.15, 0.2) is 5.96 Å². The average Bonchev–Trinajstić information content (AvgIpc) is 3.33. The lowest BCUT2D eigenvalue weighted by Gasteiger charge is -2.12. The summed E-state index contributed by atoms with van der Waals surface area (Å²) in [6.07, 6.45) is 5.85. The number of aliphatic imine (C=N–C) groups is 1. The zero-order chi connectivity index (χ0) is 20.6. The number of nitrogens with one attached hydrogen (secondary N) is 2. The van der Waals surface area contributed by atoms with Gasteiger partial charge in [0.25, 0.3) is 0 Å². The summed E-state index contributed by atoms with van der Waals surface area (Å²) in [5.41, 5.74) is 3.50. The molecule has 0 aliphatic heterocycles. The Labute approximate surface area is 170 Å². The fourth-order valence-electron chi connectivity index (χ4n) is 3.11. The molecule has 3 aromatic rings. The second kappa shape index (κ2) is 9.86. The number of imidazole rings is 1. The first-order valence-corrected chi connectivity index (χ1v) is 9.87. The number of guanidine groups is 1. The van der Waals surface area contributed by atoms with E-state index < -0.39 is 0 Å². The van der Waals surface area contributed by atoms with Gasteiger partial charge in [-0.15, -0.1) is 0 Å². The van der Waals surface area contributed by atoms with Crippen LogP contribution in [0.4, 0.5) is 4.39 Å². The van der Waals surface area contributed by atoms with Crippen molar-refractivity contribution in [3.63, 3.8) is 0 Å². The maximum Gasteiger partial charge on any atom is 0.191 e. The van der Waals surface area contributed by atoms with Crippen LogP contribution in [0.3, 0.4) is 0 Å². The smallest absolute Gasteiger partial charge is 0.191 e. The Balaban J connectivity index is 1.54. The molecule has 0 fully saturated rings. The van der Waals surface area contributed by atoms with E-state index in [1.807, 2.05) is 24.6 Å². The molecular formula is C21H28FN7. The lowest BCUT2D eigenvalue weighted by Crippen LogP contribution is -2.38. The van der Waals surface area contributed by atoms with E-state index in [1.54, 1.807) is 29.4 Å². The Morgan fingerprint density at radius 2 is 2.07 bits per heavy atom. The summed E-state index contributed by atoms with van der Waals surface area (Å²) in [5, 5.41) is 11.0. The zero-order valence-corrected chi connectivity index (χ0v) is 17.2. The minimum Gasteiger partial charge on any atom is -0.357 e.